The summed E-state index contributed by atoms with van der Waals surface area (Å²) >= 11 is 0. The maximum absolute atomic E-state index is 14.0. The van der Waals surface area contributed by atoms with Crippen molar-refractivity contribution >= 4 is 17.3 Å². The van der Waals surface area contributed by atoms with Crippen LogP contribution in [-0.2, 0) is 0 Å². The van der Waals surface area contributed by atoms with E-state index in [0.717, 1.165) is 23.3 Å². The number of amides is 1. The zero-order valence-corrected chi connectivity index (χ0v) is 17.8. The number of benzene rings is 2. The normalized spacial score (nSPS) is 13.6. The molecule has 1 amide bonds. The molecule has 3 heterocycles. The number of carbonyl (C=O) groups is 1. The van der Waals surface area contributed by atoms with Gasteiger partial charge in [-0.25, -0.2) is 18.7 Å². The Kier molecular flexibility index (Phi) is 5.54. The summed E-state index contributed by atoms with van der Waals surface area (Å²) in [6.07, 6.45) is 3.71. The lowest BCUT2D eigenvalue weighted by Gasteiger charge is -2.26. The van der Waals surface area contributed by atoms with Gasteiger partial charge in [0.05, 0.1) is 11.9 Å². The van der Waals surface area contributed by atoms with Gasteiger partial charge in [-0.2, -0.15) is 0 Å². The Bertz CT molecular complexity index is 1380. The second-order valence-electron chi connectivity index (χ2n) is 7.59. The molecule has 2 aromatic heterocycles. The van der Waals surface area contributed by atoms with Crippen molar-refractivity contribution in [3.63, 3.8) is 0 Å². The van der Waals surface area contributed by atoms with Gasteiger partial charge in [-0.1, -0.05) is 30.3 Å². The molecule has 0 radical (unpaired) electrons. The molecule has 4 aromatic rings. The molecule has 1 aliphatic heterocycles. The second-order valence-corrected chi connectivity index (χ2v) is 7.59. The zero-order valence-electron chi connectivity index (χ0n) is 17.8. The summed E-state index contributed by atoms with van der Waals surface area (Å²) in [6.45, 7) is 0.431. The van der Waals surface area contributed by atoms with Gasteiger partial charge < -0.3 is 15.1 Å². The fourth-order valence-corrected chi connectivity index (χ4v) is 3.67. The van der Waals surface area contributed by atoms with E-state index in [1.54, 1.807) is 6.08 Å². The van der Waals surface area contributed by atoms with Crippen LogP contribution < -0.4 is 5.73 Å². The van der Waals surface area contributed by atoms with E-state index >= 15 is 0 Å². The van der Waals surface area contributed by atoms with Crippen molar-refractivity contribution in [2.45, 2.75) is 6.42 Å². The molecule has 2 N–H and O–H groups in total. The molecule has 0 unspecified atom stereocenters. The fraction of sp³-hybridized carbons (Fsp3) is 0.125. The lowest BCUT2D eigenvalue weighted by Crippen LogP contribution is -2.35. The van der Waals surface area contributed by atoms with Crippen LogP contribution in [0.2, 0.25) is 0 Å². The number of rotatable bonds is 4. The Morgan fingerprint density at radius 1 is 1.00 bits per heavy atom. The number of nitrogens with zero attached hydrogens (tertiary/aromatic N) is 5. The van der Waals surface area contributed by atoms with Gasteiger partial charge in [0.15, 0.2) is 11.5 Å². The molecule has 0 atom stereocenters. The molecule has 1 aliphatic rings. The molecule has 0 saturated heterocycles. The third-order valence-electron chi connectivity index (χ3n) is 5.45. The van der Waals surface area contributed by atoms with Gasteiger partial charge in [0.2, 0.25) is 5.89 Å². The molecular weight excluding hydrogens is 442 g/mol. The average molecular weight is 460 g/mol. The van der Waals surface area contributed by atoms with E-state index in [0.29, 0.717) is 18.0 Å². The van der Waals surface area contributed by atoms with E-state index in [1.807, 2.05) is 30.3 Å². The molecule has 34 heavy (non-hydrogen) atoms. The molecule has 5 rings (SSSR count). The van der Waals surface area contributed by atoms with Crippen molar-refractivity contribution in [3.05, 3.63) is 83.7 Å². The highest BCUT2D eigenvalue weighted by Crippen LogP contribution is 2.28. The van der Waals surface area contributed by atoms with E-state index in [1.165, 1.54) is 17.2 Å². The summed E-state index contributed by atoms with van der Waals surface area (Å²) in [5, 5.41) is 8.11. The van der Waals surface area contributed by atoms with Crippen LogP contribution >= 0.6 is 0 Å². The molecule has 170 valence electrons. The lowest BCUT2D eigenvalue weighted by molar-refractivity contribution is 0.0763. The summed E-state index contributed by atoms with van der Waals surface area (Å²) < 4.78 is 33.7. The third-order valence-corrected chi connectivity index (χ3v) is 5.45. The number of anilines is 1. The largest absolute Gasteiger partial charge is 0.414 e. The molecule has 10 heteroatoms. The quantitative estimate of drug-likeness (QED) is 0.490. The minimum absolute atomic E-state index is 0.133. The van der Waals surface area contributed by atoms with Crippen LogP contribution in [0.4, 0.5) is 14.6 Å². The van der Waals surface area contributed by atoms with Gasteiger partial charge in [0, 0.05) is 18.7 Å². The second kappa shape index (κ2) is 8.81. The minimum atomic E-state index is -0.886. The number of hydrogen-bond acceptors (Lipinski definition) is 7. The maximum atomic E-state index is 14.0. The van der Waals surface area contributed by atoms with E-state index in [2.05, 4.69) is 20.2 Å². The van der Waals surface area contributed by atoms with E-state index in [9.17, 15) is 13.6 Å². The van der Waals surface area contributed by atoms with Crippen LogP contribution in [0, 0.1) is 11.6 Å². The van der Waals surface area contributed by atoms with Gasteiger partial charge in [0.25, 0.3) is 11.8 Å². The minimum Gasteiger partial charge on any atom is -0.414 e. The first-order chi connectivity index (χ1) is 16.5. The number of hydrogen-bond donors (Lipinski definition) is 1. The SMILES string of the molecule is Nc1ncc(C2=CCN(C(=O)c3c(F)cccc3F)CC2)nc1-c1nnc(-c2ccccc2)o1. The van der Waals surface area contributed by atoms with Crippen molar-refractivity contribution in [2.24, 2.45) is 0 Å². The monoisotopic (exact) mass is 460 g/mol. The number of halogens is 2. The summed E-state index contributed by atoms with van der Waals surface area (Å²) in [7, 11) is 0. The molecule has 0 fully saturated rings. The van der Waals surface area contributed by atoms with Crippen molar-refractivity contribution in [1.82, 2.24) is 25.1 Å². The first-order valence-corrected chi connectivity index (χ1v) is 10.5. The van der Waals surface area contributed by atoms with Crippen LogP contribution in [0.1, 0.15) is 22.5 Å². The highest BCUT2D eigenvalue weighted by molar-refractivity contribution is 5.95. The average Bonchev–Trinajstić information content (AvgIpc) is 3.35. The predicted molar refractivity (Wildman–Crippen MR) is 120 cm³/mol. The molecule has 8 nitrogen and oxygen atoms in total. The molecule has 2 aromatic carbocycles. The van der Waals surface area contributed by atoms with Gasteiger partial charge in [-0.15, -0.1) is 10.2 Å². The number of carbonyl (C=O) groups excluding carboxylic acids is 1. The zero-order chi connectivity index (χ0) is 23.7. The van der Waals surface area contributed by atoms with Crippen LogP contribution in [-0.4, -0.2) is 44.1 Å². The first kappa shape index (κ1) is 21.4. The van der Waals surface area contributed by atoms with Crippen LogP contribution in [0.3, 0.4) is 0 Å². The standard InChI is InChI=1S/C24H18F2N6O2/c25-16-7-4-8-17(26)19(16)24(33)32-11-9-14(10-12-32)18-13-28-21(27)20(29-18)23-31-30-22(34-23)15-5-2-1-3-6-15/h1-9,13H,10-12H2,(H2,27,28). The van der Waals surface area contributed by atoms with Crippen LogP contribution in [0.5, 0.6) is 0 Å². The lowest BCUT2D eigenvalue weighted by atomic mass is 10.0. The topological polar surface area (TPSA) is 111 Å². The Balaban J connectivity index is 1.38. The van der Waals surface area contributed by atoms with Crippen molar-refractivity contribution in [2.75, 3.05) is 18.8 Å². The van der Waals surface area contributed by atoms with Gasteiger partial charge in [-0.05, 0) is 36.3 Å². The fourth-order valence-electron chi connectivity index (χ4n) is 3.67. The molecule has 0 bridgehead atoms. The van der Waals surface area contributed by atoms with E-state index in [-0.39, 0.29) is 30.5 Å². The van der Waals surface area contributed by atoms with E-state index < -0.39 is 23.1 Å². The summed E-state index contributed by atoms with van der Waals surface area (Å²) in [5.41, 5.74) is 7.81. The van der Waals surface area contributed by atoms with Gasteiger partial charge in [0.1, 0.15) is 17.2 Å². The molecule has 0 aliphatic carbocycles. The van der Waals surface area contributed by atoms with Crippen LogP contribution in [0.25, 0.3) is 28.6 Å². The maximum Gasteiger partial charge on any atom is 0.270 e. The van der Waals surface area contributed by atoms with Crippen molar-refractivity contribution in [1.29, 1.82) is 0 Å². The summed E-state index contributed by atoms with van der Waals surface area (Å²) in [6, 6.07) is 12.6. The van der Waals surface area contributed by atoms with E-state index in [4.69, 9.17) is 10.2 Å². The Morgan fingerprint density at radius 2 is 1.74 bits per heavy atom. The predicted octanol–water partition coefficient (Wildman–Crippen LogP) is 3.98. The first-order valence-electron chi connectivity index (χ1n) is 10.5. The van der Waals surface area contributed by atoms with Crippen molar-refractivity contribution in [3.8, 4) is 23.0 Å². The Labute approximate surface area is 192 Å². The van der Waals surface area contributed by atoms with Crippen LogP contribution in [0.15, 0.2) is 65.2 Å². The van der Waals surface area contributed by atoms with Gasteiger partial charge in [-0.3, -0.25) is 4.79 Å². The Hall–Kier alpha value is -4.47. The summed E-state index contributed by atoms with van der Waals surface area (Å²) in [5.74, 6) is -1.88. The number of nitrogens with two attached hydrogens (primary N) is 1. The molecular formula is C24H18F2N6O2. The highest BCUT2D eigenvalue weighted by atomic mass is 19.1. The molecule has 0 spiro atoms. The Morgan fingerprint density at radius 3 is 2.44 bits per heavy atom. The van der Waals surface area contributed by atoms with Gasteiger partial charge >= 0.3 is 0 Å². The smallest absolute Gasteiger partial charge is 0.270 e. The number of nitrogen functional groups attached to an aromatic ring is 1. The third kappa shape index (κ3) is 4.01. The number of aromatic nitrogens is 4. The van der Waals surface area contributed by atoms with Crippen molar-refractivity contribution < 1.29 is 18.0 Å². The summed E-state index contributed by atoms with van der Waals surface area (Å²) in [4.78, 5) is 22.8. The highest BCUT2D eigenvalue weighted by Gasteiger charge is 2.25. The molecule has 0 saturated carbocycles.